The molecule has 88 valence electrons. The molecule has 1 heterocycles. The Kier molecular flexibility index (Phi) is 3.07. The standard InChI is InChI=1S/C13H9F3S/c1-2-9-3-4-10(11-5-6-17-8-11)7-12(9)13(14,15)16/h2-8H,1H2. The highest BCUT2D eigenvalue weighted by Crippen LogP contribution is 2.35. The van der Waals surface area contributed by atoms with Crippen LogP contribution in [0, 0.1) is 0 Å². The van der Waals surface area contributed by atoms with Crippen LogP contribution in [0.4, 0.5) is 13.2 Å². The summed E-state index contributed by atoms with van der Waals surface area (Å²) in [7, 11) is 0. The summed E-state index contributed by atoms with van der Waals surface area (Å²) in [6.45, 7) is 3.40. The maximum atomic E-state index is 12.8. The molecule has 1 aromatic heterocycles. The van der Waals surface area contributed by atoms with Crippen LogP contribution in [0.15, 0.2) is 41.6 Å². The van der Waals surface area contributed by atoms with E-state index in [4.69, 9.17) is 0 Å². The quantitative estimate of drug-likeness (QED) is 0.701. The Morgan fingerprint density at radius 1 is 1.12 bits per heavy atom. The minimum atomic E-state index is -4.35. The molecule has 4 heteroatoms. The second-order valence-electron chi connectivity index (χ2n) is 3.52. The van der Waals surface area contributed by atoms with Crippen LogP contribution in [-0.4, -0.2) is 0 Å². The highest BCUT2D eigenvalue weighted by Gasteiger charge is 2.32. The minimum Gasteiger partial charge on any atom is -0.166 e. The molecule has 1 aromatic carbocycles. The molecule has 0 bridgehead atoms. The van der Waals surface area contributed by atoms with Crippen molar-refractivity contribution in [3.05, 3.63) is 52.7 Å². The van der Waals surface area contributed by atoms with Crippen molar-refractivity contribution in [1.82, 2.24) is 0 Å². The van der Waals surface area contributed by atoms with Gasteiger partial charge >= 0.3 is 6.18 Å². The van der Waals surface area contributed by atoms with Gasteiger partial charge in [-0.1, -0.05) is 24.8 Å². The third-order valence-electron chi connectivity index (χ3n) is 2.43. The number of alkyl halides is 3. The average molecular weight is 254 g/mol. The van der Waals surface area contributed by atoms with Gasteiger partial charge in [-0.2, -0.15) is 24.5 Å². The molecule has 2 aromatic rings. The third-order valence-corrected chi connectivity index (χ3v) is 3.12. The second kappa shape index (κ2) is 4.37. The number of halogens is 3. The smallest absolute Gasteiger partial charge is 0.166 e. The van der Waals surface area contributed by atoms with Gasteiger partial charge in [0.1, 0.15) is 0 Å². The van der Waals surface area contributed by atoms with Gasteiger partial charge in [-0.25, -0.2) is 0 Å². The lowest BCUT2D eigenvalue weighted by molar-refractivity contribution is -0.137. The lowest BCUT2D eigenvalue weighted by Crippen LogP contribution is -2.07. The highest BCUT2D eigenvalue weighted by atomic mass is 32.1. The zero-order chi connectivity index (χ0) is 12.5. The molecule has 0 atom stereocenters. The van der Waals surface area contributed by atoms with Gasteiger partial charge in [0.15, 0.2) is 0 Å². The van der Waals surface area contributed by atoms with E-state index in [0.717, 1.165) is 5.56 Å². The zero-order valence-corrected chi connectivity index (χ0v) is 9.61. The van der Waals surface area contributed by atoms with Gasteiger partial charge in [0.25, 0.3) is 0 Å². The monoisotopic (exact) mass is 254 g/mol. The summed E-state index contributed by atoms with van der Waals surface area (Å²) in [6, 6.07) is 6.09. The predicted octanol–water partition coefficient (Wildman–Crippen LogP) is 5.08. The molecular formula is C13H9F3S. The van der Waals surface area contributed by atoms with Gasteiger partial charge in [0.2, 0.25) is 0 Å². The Labute approximate surface area is 101 Å². The van der Waals surface area contributed by atoms with Gasteiger partial charge in [0, 0.05) is 0 Å². The minimum absolute atomic E-state index is 0.108. The molecule has 17 heavy (non-hydrogen) atoms. The Bertz CT molecular complexity index is 524. The number of hydrogen-bond acceptors (Lipinski definition) is 1. The van der Waals surface area contributed by atoms with E-state index in [1.165, 1.54) is 29.5 Å². The topological polar surface area (TPSA) is 0 Å². The van der Waals surface area contributed by atoms with Gasteiger partial charge < -0.3 is 0 Å². The third kappa shape index (κ3) is 2.42. The number of hydrogen-bond donors (Lipinski definition) is 0. The first-order chi connectivity index (χ1) is 8.02. The molecule has 0 nitrogen and oxygen atoms in total. The maximum absolute atomic E-state index is 12.8. The fourth-order valence-corrected chi connectivity index (χ4v) is 2.25. The largest absolute Gasteiger partial charge is 0.417 e. The Morgan fingerprint density at radius 3 is 2.41 bits per heavy atom. The lowest BCUT2D eigenvalue weighted by Gasteiger charge is -2.11. The molecule has 0 aliphatic heterocycles. The normalized spacial score (nSPS) is 11.5. The summed E-state index contributed by atoms with van der Waals surface area (Å²) < 4.78 is 38.4. The fraction of sp³-hybridized carbons (Fsp3) is 0.0769. The first kappa shape index (κ1) is 11.9. The Morgan fingerprint density at radius 2 is 1.88 bits per heavy atom. The Hall–Kier alpha value is -1.55. The average Bonchev–Trinajstić information content (AvgIpc) is 2.80. The van der Waals surface area contributed by atoms with E-state index in [0.29, 0.717) is 5.56 Å². The van der Waals surface area contributed by atoms with Crippen LogP contribution in [0.1, 0.15) is 11.1 Å². The van der Waals surface area contributed by atoms with E-state index >= 15 is 0 Å². The molecule has 0 radical (unpaired) electrons. The van der Waals surface area contributed by atoms with Crippen molar-refractivity contribution in [2.45, 2.75) is 6.18 Å². The van der Waals surface area contributed by atoms with E-state index in [1.54, 1.807) is 12.1 Å². The zero-order valence-electron chi connectivity index (χ0n) is 8.79. The molecule has 0 aliphatic rings. The summed E-state index contributed by atoms with van der Waals surface area (Å²) in [6.07, 6.45) is -3.13. The van der Waals surface area contributed by atoms with Crippen molar-refractivity contribution >= 4 is 17.4 Å². The second-order valence-corrected chi connectivity index (χ2v) is 4.30. The van der Waals surface area contributed by atoms with Crippen LogP contribution in [0.2, 0.25) is 0 Å². The Balaban J connectivity index is 2.57. The molecule has 0 aliphatic carbocycles. The first-order valence-corrected chi connectivity index (χ1v) is 5.83. The molecule has 2 rings (SSSR count). The van der Waals surface area contributed by atoms with Crippen LogP contribution in [0.25, 0.3) is 17.2 Å². The van der Waals surface area contributed by atoms with Crippen molar-refractivity contribution in [2.75, 3.05) is 0 Å². The number of benzene rings is 1. The van der Waals surface area contributed by atoms with E-state index in [2.05, 4.69) is 6.58 Å². The number of thiophene rings is 1. The van der Waals surface area contributed by atoms with E-state index in [9.17, 15) is 13.2 Å². The van der Waals surface area contributed by atoms with Crippen LogP contribution in [0.3, 0.4) is 0 Å². The van der Waals surface area contributed by atoms with E-state index in [1.807, 2.05) is 10.8 Å². The summed E-state index contributed by atoms with van der Waals surface area (Å²) in [5, 5.41) is 3.66. The molecule has 0 saturated heterocycles. The van der Waals surface area contributed by atoms with Crippen LogP contribution in [0.5, 0.6) is 0 Å². The van der Waals surface area contributed by atoms with Crippen molar-refractivity contribution in [3.63, 3.8) is 0 Å². The first-order valence-electron chi connectivity index (χ1n) is 4.88. The molecule has 0 amide bonds. The number of rotatable bonds is 2. The van der Waals surface area contributed by atoms with Crippen molar-refractivity contribution in [2.24, 2.45) is 0 Å². The molecule has 0 spiro atoms. The molecule has 0 N–H and O–H groups in total. The molecular weight excluding hydrogens is 245 g/mol. The van der Waals surface area contributed by atoms with Crippen LogP contribution >= 0.6 is 11.3 Å². The van der Waals surface area contributed by atoms with E-state index < -0.39 is 11.7 Å². The van der Waals surface area contributed by atoms with Gasteiger partial charge in [-0.05, 0) is 39.6 Å². The van der Waals surface area contributed by atoms with Crippen molar-refractivity contribution in [1.29, 1.82) is 0 Å². The highest BCUT2D eigenvalue weighted by molar-refractivity contribution is 7.08. The summed E-state index contributed by atoms with van der Waals surface area (Å²) in [5.74, 6) is 0. The summed E-state index contributed by atoms with van der Waals surface area (Å²) in [5.41, 5.74) is 0.841. The van der Waals surface area contributed by atoms with Gasteiger partial charge in [-0.3, -0.25) is 0 Å². The van der Waals surface area contributed by atoms with Gasteiger partial charge in [-0.15, -0.1) is 0 Å². The van der Waals surface area contributed by atoms with Crippen molar-refractivity contribution < 1.29 is 13.2 Å². The molecule has 0 saturated carbocycles. The van der Waals surface area contributed by atoms with Crippen LogP contribution < -0.4 is 0 Å². The summed E-state index contributed by atoms with van der Waals surface area (Å²) in [4.78, 5) is 0. The molecule has 0 unspecified atom stereocenters. The van der Waals surface area contributed by atoms with Crippen molar-refractivity contribution in [3.8, 4) is 11.1 Å². The molecule has 0 fully saturated rings. The van der Waals surface area contributed by atoms with E-state index in [-0.39, 0.29) is 5.56 Å². The lowest BCUT2D eigenvalue weighted by atomic mass is 10.0. The van der Waals surface area contributed by atoms with Crippen LogP contribution in [-0.2, 0) is 6.18 Å². The fourth-order valence-electron chi connectivity index (χ4n) is 1.59. The summed E-state index contributed by atoms with van der Waals surface area (Å²) >= 11 is 1.46. The maximum Gasteiger partial charge on any atom is 0.417 e. The van der Waals surface area contributed by atoms with Gasteiger partial charge in [0.05, 0.1) is 5.56 Å². The SMILES string of the molecule is C=Cc1ccc(-c2ccsc2)cc1C(F)(F)F. The predicted molar refractivity (Wildman–Crippen MR) is 64.8 cm³/mol.